The lowest BCUT2D eigenvalue weighted by Gasteiger charge is -1.98. The van der Waals surface area contributed by atoms with Gasteiger partial charge >= 0.3 is 0 Å². The number of nitrogens with two attached hydrogens (primary N) is 1. The summed E-state index contributed by atoms with van der Waals surface area (Å²) in [5.41, 5.74) is 6.81. The van der Waals surface area contributed by atoms with Gasteiger partial charge in [0, 0.05) is 17.3 Å². The number of benzene rings is 1. The number of anilines is 1. The van der Waals surface area contributed by atoms with E-state index in [1.807, 2.05) is 19.1 Å². The number of aromatic hydroxyl groups is 1. The molecule has 0 spiro atoms. The summed E-state index contributed by atoms with van der Waals surface area (Å²) in [5, 5.41) is 9.29. The molecule has 0 atom stereocenters. The molecule has 2 heteroatoms. The molecule has 0 saturated carbocycles. The molecule has 0 saturated heterocycles. The van der Waals surface area contributed by atoms with E-state index in [1.54, 1.807) is 12.1 Å². The van der Waals surface area contributed by atoms with Crippen LogP contribution in [0.2, 0.25) is 0 Å². The molecule has 0 aliphatic carbocycles. The van der Waals surface area contributed by atoms with E-state index >= 15 is 0 Å². The Balaban J connectivity index is 3.09. The van der Waals surface area contributed by atoms with Crippen LogP contribution in [-0.2, 0) is 0 Å². The fourth-order valence-corrected chi connectivity index (χ4v) is 0.881. The molecule has 11 heavy (non-hydrogen) atoms. The summed E-state index contributed by atoms with van der Waals surface area (Å²) < 4.78 is 0. The maximum Gasteiger partial charge on any atom is 0.124 e. The molecule has 1 aromatic rings. The van der Waals surface area contributed by atoms with Crippen molar-refractivity contribution in [1.29, 1.82) is 0 Å². The van der Waals surface area contributed by atoms with Crippen molar-refractivity contribution in [2.45, 2.75) is 6.92 Å². The van der Waals surface area contributed by atoms with Crippen LogP contribution in [0.3, 0.4) is 0 Å². The van der Waals surface area contributed by atoms with Crippen molar-refractivity contribution < 1.29 is 5.11 Å². The van der Waals surface area contributed by atoms with E-state index in [2.05, 4.69) is 0 Å². The van der Waals surface area contributed by atoms with Gasteiger partial charge in [-0.05, 0) is 19.1 Å². The lowest BCUT2D eigenvalue weighted by molar-refractivity contribution is 0.474. The van der Waals surface area contributed by atoms with Gasteiger partial charge in [0.25, 0.3) is 0 Å². The molecular formula is C9H11NO. The molecular weight excluding hydrogens is 138 g/mol. The van der Waals surface area contributed by atoms with Crippen LogP contribution in [0.1, 0.15) is 12.5 Å². The topological polar surface area (TPSA) is 46.2 Å². The zero-order valence-electron chi connectivity index (χ0n) is 6.41. The molecule has 0 unspecified atom stereocenters. The summed E-state index contributed by atoms with van der Waals surface area (Å²) in [6, 6.07) is 5.08. The van der Waals surface area contributed by atoms with Crippen LogP contribution >= 0.6 is 0 Å². The highest BCUT2D eigenvalue weighted by molar-refractivity contribution is 5.60. The first-order chi connectivity index (χ1) is 5.24. The summed E-state index contributed by atoms with van der Waals surface area (Å²) in [7, 11) is 0. The Morgan fingerprint density at radius 1 is 1.45 bits per heavy atom. The quantitative estimate of drug-likeness (QED) is 0.600. The predicted octanol–water partition coefficient (Wildman–Crippen LogP) is 2.01. The van der Waals surface area contributed by atoms with Gasteiger partial charge in [0.2, 0.25) is 0 Å². The number of rotatable bonds is 1. The molecule has 0 heterocycles. The predicted molar refractivity (Wildman–Crippen MR) is 47.2 cm³/mol. The fourth-order valence-electron chi connectivity index (χ4n) is 0.881. The van der Waals surface area contributed by atoms with Gasteiger partial charge in [-0.2, -0.15) is 0 Å². The third-order valence-electron chi connectivity index (χ3n) is 1.40. The molecule has 0 radical (unpaired) electrons. The lowest BCUT2D eigenvalue weighted by Crippen LogP contribution is -1.83. The normalized spacial score (nSPS) is 10.6. The average Bonchev–Trinajstić information content (AvgIpc) is 1.95. The molecule has 0 aliphatic rings. The molecule has 2 nitrogen and oxygen atoms in total. The zero-order chi connectivity index (χ0) is 8.27. The Bertz CT molecular complexity index is 279. The minimum atomic E-state index is 0.225. The van der Waals surface area contributed by atoms with Crippen molar-refractivity contribution in [3.05, 3.63) is 29.8 Å². The second-order valence-corrected chi connectivity index (χ2v) is 2.32. The van der Waals surface area contributed by atoms with Gasteiger partial charge in [-0.3, -0.25) is 0 Å². The van der Waals surface area contributed by atoms with Gasteiger partial charge in [0.05, 0.1) is 0 Å². The van der Waals surface area contributed by atoms with Crippen LogP contribution in [0.5, 0.6) is 5.75 Å². The molecule has 0 amide bonds. The molecule has 0 aromatic heterocycles. The van der Waals surface area contributed by atoms with Crippen LogP contribution < -0.4 is 5.73 Å². The Morgan fingerprint density at radius 2 is 2.18 bits per heavy atom. The van der Waals surface area contributed by atoms with Crippen molar-refractivity contribution in [3.8, 4) is 5.75 Å². The largest absolute Gasteiger partial charge is 0.507 e. The molecule has 58 valence electrons. The van der Waals surface area contributed by atoms with Gasteiger partial charge in [0.15, 0.2) is 0 Å². The molecule has 1 rings (SSSR count). The summed E-state index contributed by atoms with van der Waals surface area (Å²) in [6.07, 6.45) is 3.69. The first kappa shape index (κ1) is 7.66. The standard InChI is InChI=1S/C9H11NO/c1-2-3-7-4-5-8(10)6-9(7)11/h2-6,11H,10H2,1H3/b3-2-. The molecule has 3 N–H and O–H groups in total. The van der Waals surface area contributed by atoms with Gasteiger partial charge in [-0.25, -0.2) is 0 Å². The Hall–Kier alpha value is -1.44. The van der Waals surface area contributed by atoms with Crippen molar-refractivity contribution in [2.75, 3.05) is 5.73 Å². The monoisotopic (exact) mass is 149 g/mol. The maximum absolute atomic E-state index is 9.29. The number of nitrogen functional groups attached to an aromatic ring is 1. The van der Waals surface area contributed by atoms with Gasteiger partial charge in [-0.15, -0.1) is 0 Å². The summed E-state index contributed by atoms with van der Waals surface area (Å²) in [4.78, 5) is 0. The van der Waals surface area contributed by atoms with E-state index in [4.69, 9.17) is 5.73 Å². The molecule has 0 fully saturated rings. The zero-order valence-corrected chi connectivity index (χ0v) is 6.41. The van der Waals surface area contributed by atoms with Crippen LogP contribution in [0.15, 0.2) is 24.3 Å². The number of allylic oxidation sites excluding steroid dienone is 1. The summed E-state index contributed by atoms with van der Waals surface area (Å²) in [5.74, 6) is 0.225. The Labute approximate surface area is 66.0 Å². The van der Waals surface area contributed by atoms with E-state index in [1.165, 1.54) is 6.07 Å². The second kappa shape index (κ2) is 3.10. The van der Waals surface area contributed by atoms with Crippen LogP contribution in [0, 0.1) is 0 Å². The van der Waals surface area contributed by atoms with Crippen molar-refractivity contribution >= 4 is 11.8 Å². The smallest absolute Gasteiger partial charge is 0.124 e. The first-order valence-electron chi connectivity index (χ1n) is 3.45. The van der Waals surface area contributed by atoms with Gasteiger partial charge in [-0.1, -0.05) is 12.2 Å². The molecule has 0 bridgehead atoms. The second-order valence-electron chi connectivity index (χ2n) is 2.32. The molecule has 0 aliphatic heterocycles. The van der Waals surface area contributed by atoms with Crippen LogP contribution in [0.25, 0.3) is 6.08 Å². The lowest BCUT2D eigenvalue weighted by atomic mass is 10.2. The van der Waals surface area contributed by atoms with E-state index in [-0.39, 0.29) is 5.75 Å². The van der Waals surface area contributed by atoms with E-state index in [0.717, 1.165) is 5.56 Å². The van der Waals surface area contributed by atoms with Crippen LogP contribution in [0.4, 0.5) is 5.69 Å². The average molecular weight is 149 g/mol. The van der Waals surface area contributed by atoms with Gasteiger partial charge < -0.3 is 10.8 Å². The number of phenolic OH excluding ortho intramolecular Hbond substituents is 1. The first-order valence-corrected chi connectivity index (χ1v) is 3.45. The SMILES string of the molecule is C/C=C\c1ccc(N)cc1O. The van der Waals surface area contributed by atoms with E-state index in [0.29, 0.717) is 5.69 Å². The highest BCUT2D eigenvalue weighted by Gasteiger charge is 1.95. The highest BCUT2D eigenvalue weighted by Crippen LogP contribution is 2.20. The third-order valence-corrected chi connectivity index (χ3v) is 1.40. The van der Waals surface area contributed by atoms with Crippen molar-refractivity contribution in [2.24, 2.45) is 0 Å². The Kier molecular flexibility index (Phi) is 2.16. The van der Waals surface area contributed by atoms with Gasteiger partial charge in [0.1, 0.15) is 5.75 Å². The summed E-state index contributed by atoms with van der Waals surface area (Å²) >= 11 is 0. The minimum Gasteiger partial charge on any atom is -0.507 e. The fraction of sp³-hybridized carbons (Fsp3) is 0.111. The number of phenols is 1. The highest BCUT2D eigenvalue weighted by atomic mass is 16.3. The van der Waals surface area contributed by atoms with E-state index in [9.17, 15) is 5.11 Å². The van der Waals surface area contributed by atoms with Crippen molar-refractivity contribution in [1.82, 2.24) is 0 Å². The molecule has 1 aromatic carbocycles. The number of hydrogen-bond donors (Lipinski definition) is 2. The Morgan fingerprint density at radius 3 is 2.73 bits per heavy atom. The maximum atomic E-state index is 9.29. The minimum absolute atomic E-state index is 0.225. The third kappa shape index (κ3) is 1.74. The van der Waals surface area contributed by atoms with E-state index < -0.39 is 0 Å². The van der Waals surface area contributed by atoms with Crippen molar-refractivity contribution in [3.63, 3.8) is 0 Å². The number of hydrogen-bond acceptors (Lipinski definition) is 2. The van der Waals surface area contributed by atoms with Crippen LogP contribution in [-0.4, -0.2) is 5.11 Å². The summed E-state index contributed by atoms with van der Waals surface area (Å²) in [6.45, 7) is 1.90.